The number of rotatable bonds is 4. The fourth-order valence-electron chi connectivity index (χ4n) is 3.51. The molecule has 9 heteroatoms. The fourth-order valence-corrected chi connectivity index (χ4v) is 3.81. The van der Waals surface area contributed by atoms with Crippen molar-refractivity contribution in [3.63, 3.8) is 0 Å². The van der Waals surface area contributed by atoms with Gasteiger partial charge in [0.1, 0.15) is 5.69 Å². The molecule has 1 amide bonds. The molecule has 0 radical (unpaired) electrons. The van der Waals surface area contributed by atoms with Gasteiger partial charge < -0.3 is 16.8 Å². The Morgan fingerprint density at radius 3 is 2.61 bits per heavy atom. The van der Waals surface area contributed by atoms with Crippen molar-refractivity contribution >= 4 is 40.6 Å². The summed E-state index contributed by atoms with van der Waals surface area (Å²) in [6, 6.07) is 5.79. The van der Waals surface area contributed by atoms with Gasteiger partial charge in [-0.05, 0) is 37.8 Å². The van der Waals surface area contributed by atoms with Crippen LogP contribution in [0.3, 0.4) is 0 Å². The van der Waals surface area contributed by atoms with E-state index in [1.807, 2.05) is 6.07 Å². The molecular weight excluding hydrogens is 399 g/mol. The minimum Gasteiger partial charge on any atom is -0.364 e. The Morgan fingerprint density at radius 2 is 1.93 bits per heavy atom. The van der Waals surface area contributed by atoms with Crippen LogP contribution in [0.25, 0.3) is 16.9 Å². The molecule has 7 nitrogen and oxygen atoms in total. The van der Waals surface area contributed by atoms with E-state index < -0.39 is 5.91 Å². The van der Waals surface area contributed by atoms with Gasteiger partial charge in [0, 0.05) is 23.8 Å². The number of nitrogens with zero attached hydrogens (tertiary/aromatic N) is 3. The number of anilines is 1. The summed E-state index contributed by atoms with van der Waals surface area (Å²) in [7, 11) is 0. The number of carbonyl (C=O) groups is 1. The van der Waals surface area contributed by atoms with Gasteiger partial charge in [-0.1, -0.05) is 29.3 Å². The van der Waals surface area contributed by atoms with Crippen molar-refractivity contribution in [1.29, 1.82) is 0 Å². The number of benzene rings is 1. The minimum absolute atomic E-state index is 0.255. The van der Waals surface area contributed by atoms with Crippen LogP contribution in [0.5, 0.6) is 0 Å². The molecule has 0 spiro atoms. The SMILES string of the molecule is NC(=O)c1cnc(N[C@H]2CC[C@H](N)CC2)c2nc(-c3ccc(Cl)c(Cl)c3)cn12. The van der Waals surface area contributed by atoms with Crippen molar-refractivity contribution in [3.8, 4) is 11.3 Å². The van der Waals surface area contributed by atoms with Crippen LogP contribution < -0.4 is 16.8 Å². The van der Waals surface area contributed by atoms with E-state index in [4.69, 9.17) is 34.7 Å². The highest BCUT2D eigenvalue weighted by Gasteiger charge is 2.21. The molecule has 4 rings (SSSR count). The average Bonchev–Trinajstić information content (AvgIpc) is 3.11. The lowest BCUT2D eigenvalue weighted by Gasteiger charge is -2.27. The summed E-state index contributed by atoms with van der Waals surface area (Å²) in [6.45, 7) is 0. The smallest absolute Gasteiger partial charge is 0.267 e. The maximum absolute atomic E-state index is 11.9. The van der Waals surface area contributed by atoms with Crippen molar-refractivity contribution in [2.45, 2.75) is 37.8 Å². The van der Waals surface area contributed by atoms with Gasteiger partial charge in [-0.2, -0.15) is 0 Å². The summed E-state index contributed by atoms with van der Waals surface area (Å²) in [5.41, 5.74) is 13.7. The zero-order valence-corrected chi connectivity index (χ0v) is 16.5. The van der Waals surface area contributed by atoms with Crippen molar-refractivity contribution in [2.24, 2.45) is 11.5 Å². The third-order valence-electron chi connectivity index (χ3n) is 5.07. The van der Waals surface area contributed by atoms with E-state index in [1.54, 1.807) is 22.7 Å². The van der Waals surface area contributed by atoms with Gasteiger partial charge >= 0.3 is 0 Å². The number of carbonyl (C=O) groups excluding carboxylic acids is 1. The Hall–Kier alpha value is -2.35. The van der Waals surface area contributed by atoms with E-state index in [9.17, 15) is 4.79 Å². The number of nitrogens with two attached hydrogens (primary N) is 2. The van der Waals surface area contributed by atoms with Crippen LogP contribution >= 0.6 is 23.2 Å². The number of primary amides is 1. The van der Waals surface area contributed by atoms with Crippen molar-refractivity contribution in [3.05, 3.63) is 46.3 Å². The van der Waals surface area contributed by atoms with Crippen LogP contribution in [-0.4, -0.2) is 32.4 Å². The van der Waals surface area contributed by atoms with Crippen LogP contribution in [0.4, 0.5) is 5.82 Å². The standard InChI is InChI=1S/C19H20Cl2N6O/c20-13-6-1-10(7-14(13)21)15-9-27-16(17(23)28)8-24-18(19(27)26-15)25-12-4-2-11(22)3-5-12/h1,6-9,11-12H,2-5,22H2,(H2,23,28)(H,24,25)/t11-,12-. The average molecular weight is 419 g/mol. The molecule has 2 heterocycles. The second-order valence-corrected chi connectivity index (χ2v) is 7.88. The van der Waals surface area contributed by atoms with Crippen LogP contribution in [-0.2, 0) is 0 Å². The Labute approximate surface area is 172 Å². The lowest BCUT2D eigenvalue weighted by Crippen LogP contribution is -2.33. The van der Waals surface area contributed by atoms with Crippen LogP contribution in [0.1, 0.15) is 36.2 Å². The molecule has 1 aromatic carbocycles. The molecule has 1 aliphatic rings. The largest absolute Gasteiger partial charge is 0.364 e. The van der Waals surface area contributed by atoms with E-state index in [2.05, 4.69) is 15.3 Å². The first-order valence-corrected chi connectivity index (χ1v) is 9.83. The van der Waals surface area contributed by atoms with Gasteiger partial charge in [-0.3, -0.25) is 9.20 Å². The Kier molecular flexibility index (Phi) is 5.14. The quantitative estimate of drug-likeness (QED) is 0.600. The molecule has 0 bridgehead atoms. The second-order valence-electron chi connectivity index (χ2n) is 7.06. The van der Waals surface area contributed by atoms with Crippen LogP contribution in [0, 0.1) is 0 Å². The molecule has 5 N–H and O–H groups in total. The van der Waals surface area contributed by atoms with E-state index in [0.29, 0.717) is 27.2 Å². The number of hydrogen-bond acceptors (Lipinski definition) is 5. The van der Waals surface area contributed by atoms with Crippen molar-refractivity contribution < 1.29 is 4.79 Å². The topological polar surface area (TPSA) is 111 Å². The normalized spacial score (nSPS) is 19.7. The van der Waals surface area contributed by atoms with Gasteiger partial charge in [-0.25, -0.2) is 9.97 Å². The van der Waals surface area contributed by atoms with Gasteiger partial charge in [0.15, 0.2) is 11.5 Å². The third kappa shape index (κ3) is 3.65. The van der Waals surface area contributed by atoms with Crippen LogP contribution in [0.15, 0.2) is 30.6 Å². The Balaban J connectivity index is 1.76. The van der Waals surface area contributed by atoms with Crippen molar-refractivity contribution in [1.82, 2.24) is 14.4 Å². The first-order valence-electron chi connectivity index (χ1n) is 9.08. The van der Waals surface area contributed by atoms with Crippen LogP contribution in [0.2, 0.25) is 10.0 Å². The highest BCUT2D eigenvalue weighted by atomic mass is 35.5. The minimum atomic E-state index is -0.578. The second kappa shape index (κ2) is 7.58. The first kappa shape index (κ1) is 19.0. The number of fused-ring (bicyclic) bond motifs is 1. The number of aromatic nitrogens is 3. The van der Waals surface area contributed by atoms with E-state index in [0.717, 1.165) is 31.2 Å². The predicted molar refractivity (Wildman–Crippen MR) is 111 cm³/mol. The van der Waals surface area contributed by atoms with Gasteiger partial charge in [0.25, 0.3) is 5.91 Å². The number of amides is 1. The third-order valence-corrected chi connectivity index (χ3v) is 5.81. The Morgan fingerprint density at radius 1 is 1.18 bits per heavy atom. The predicted octanol–water partition coefficient (Wildman–Crippen LogP) is 3.48. The zero-order chi connectivity index (χ0) is 19.8. The number of hydrogen-bond donors (Lipinski definition) is 3. The summed E-state index contributed by atoms with van der Waals surface area (Å²) >= 11 is 12.2. The molecule has 1 saturated carbocycles. The zero-order valence-electron chi connectivity index (χ0n) is 15.0. The number of nitrogens with one attached hydrogen (secondary N) is 1. The lowest BCUT2D eigenvalue weighted by molar-refractivity contribution is 0.0994. The van der Waals surface area contributed by atoms with E-state index in [-0.39, 0.29) is 17.8 Å². The lowest BCUT2D eigenvalue weighted by atomic mass is 9.92. The highest BCUT2D eigenvalue weighted by Crippen LogP contribution is 2.30. The molecule has 1 fully saturated rings. The Bertz CT molecular complexity index is 1040. The monoisotopic (exact) mass is 418 g/mol. The molecular formula is C19H20Cl2N6O. The molecule has 0 unspecified atom stereocenters. The van der Waals surface area contributed by atoms with Gasteiger partial charge in [0.05, 0.1) is 21.9 Å². The molecule has 0 aliphatic heterocycles. The summed E-state index contributed by atoms with van der Waals surface area (Å²) in [5, 5.41) is 4.34. The maximum atomic E-state index is 11.9. The summed E-state index contributed by atoms with van der Waals surface area (Å²) in [5.74, 6) is 0.0301. The molecule has 0 atom stereocenters. The van der Waals surface area contributed by atoms with E-state index in [1.165, 1.54) is 6.20 Å². The molecule has 3 aromatic rings. The maximum Gasteiger partial charge on any atom is 0.267 e. The summed E-state index contributed by atoms with van der Waals surface area (Å²) in [6.07, 6.45) is 7.08. The van der Waals surface area contributed by atoms with Gasteiger partial charge in [0.2, 0.25) is 0 Å². The molecule has 0 saturated heterocycles. The molecule has 28 heavy (non-hydrogen) atoms. The molecule has 2 aromatic heterocycles. The molecule has 1 aliphatic carbocycles. The number of imidazole rings is 1. The van der Waals surface area contributed by atoms with E-state index >= 15 is 0 Å². The first-order chi connectivity index (χ1) is 13.4. The van der Waals surface area contributed by atoms with Crippen molar-refractivity contribution in [2.75, 3.05) is 5.32 Å². The summed E-state index contributed by atoms with van der Waals surface area (Å²) in [4.78, 5) is 20.9. The highest BCUT2D eigenvalue weighted by molar-refractivity contribution is 6.42. The number of halogens is 2. The molecule has 146 valence electrons. The van der Waals surface area contributed by atoms with Gasteiger partial charge in [-0.15, -0.1) is 0 Å². The fraction of sp³-hybridized carbons (Fsp3) is 0.316. The summed E-state index contributed by atoms with van der Waals surface area (Å²) < 4.78 is 1.66.